The highest BCUT2D eigenvalue weighted by Crippen LogP contribution is 2.13. The number of hydrogen-bond donors (Lipinski definition) is 2. The van der Waals surface area contributed by atoms with Gasteiger partial charge in [0, 0.05) is 0 Å². The summed E-state index contributed by atoms with van der Waals surface area (Å²) >= 11 is 1.34. The van der Waals surface area contributed by atoms with Gasteiger partial charge in [0.2, 0.25) is 5.16 Å². The molecular formula is C16H19N5O5S. The fourth-order valence-corrected chi connectivity index (χ4v) is 2.72. The van der Waals surface area contributed by atoms with Crippen LogP contribution >= 0.6 is 11.8 Å². The van der Waals surface area contributed by atoms with Crippen LogP contribution in [0.4, 0.5) is 4.79 Å². The number of aliphatic carboxylic acids is 1. The Balaban J connectivity index is 1.96. The molecule has 144 valence electrons. The van der Waals surface area contributed by atoms with Crippen LogP contribution in [0.1, 0.15) is 18.9 Å². The van der Waals surface area contributed by atoms with Gasteiger partial charge in [0.05, 0.1) is 6.42 Å². The predicted molar refractivity (Wildman–Crippen MR) is 95.0 cm³/mol. The van der Waals surface area contributed by atoms with E-state index < -0.39 is 30.3 Å². The summed E-state index contributed by atoms with van der Waals surface area (Å²) in [5.41, 5.74) is 0.767. The van der Waals surface area contributed by atoms with Crippen molar-refractivity contribution in [2.24, 2.45) is 0 Å². The Morgan fingerprint density at radius 2 is 2.04 bits per heavy atom. The lowest BCUT2D eigenvalue weighted by Gasteiger charge is -2.16. The Morgan fingerprint density at radius 3 is 2.70 bits per heavy atom. The summed E-state index contributed by atoms with van der Waals surface area (Å²) < 4.78 is 6.31. The lowest BCUT2D eigenvalue weighted by atomic mass is 10.1. The minimum Gasteiger partial charge on any atom is -0.481 e. The molecule has 10 nitrogen and oxygen atoms in total. The Bertz CT molecular complexity index is 783. The van der Waals surface area contributed by atoms with Gasteiger partial charge < -0.3 is 15.2 Å². The highest BCUT2D eigenvalue weighted by atomic mass is 32.2. The number of Topliss-reactive ketones (excluding diaryl/α,β-unsaturated/α-hetero) is 1. The van der Waals surface area contributed by atoms with Crippen molar-refractivity contribution in [1.29, 1.82) is 0 Å². The predicted octanol–water partition coefficient (Wildman–Crippen LogP) is 1.12. The molecule has 0 bridgehead atoms. The molecule has 11 heteroatoms. The van der Waals surface area contributed by atoms with Gasteiger partial charge in [0.15, 0.2) is 5.78 Å². The molecule has 0 saturated carbocycles. The van der Waals surface area contributed by atoms with E-state index in [4.69, 9.17) is 9.84 Å². The molecule has 0 radical (unpaired) electrons. The second-order valence-corrected chi connectivity index (χ2v) is 6.61. The number of thioether (sulfide) groups is 1. The average molecular weight is 393 g/mol. The molecule has 1 aromatic heterocycles. The van der Waals surface area contributed by atoms with Gasteiger partial charge in [-0.25, -0.2) is 9.48 Å². The first-order valence-corrected chi connectivity index (χ1v) is 9.08. The molecule has 1 aromatic carbocycles. The van der Waals surface area contributed by atoms with E-state index in [0.29, 0.717) is 10.9 Å². The lowest BCUT2D eigenvalue weighted by molar-refractivity contribution is -0.139. The smallest absolute Gasteiger partial charge is 0.408 e. The van der Waals surface area contributed by atoms with E-state index in [1.807, 2.05) is 13.0 Å². The van der Waals surface area contributed by atoms with Crippen LogP contribution in [0.5, 0.6) is 0 Å². The maximum Gasteiger partial charge on any atom is 0.408 e. The van der Waals surface area contributed by atoms with Crippen LogP contribution in [-0.4, -0.2) is 55.0 Å². The number of tetrazole rings is 1. The Morgan fingerprint density at radius 1 is 1.30 bits per heavy atom. The number of carbonyl (C=O) groups excluding carboxylic acids is 2. The van der Waals surface area contributed by atoms with E-state index in [1.54, 1.807) is 24.3 Å². The summed E-state index contributed by atoms with van der Waals surface area (Å²) in [6, 6.07) is 7.72. The minimum absolute atomic E-state index is 0.00490. The lowest BCUT2D eigenvalue weighted by Crippen LogP contribution is -2.44. The van der Waals surface area contributed by atoms with Crippen molar-refractivity contribution >= 4 is 29.6 Å². The molecule has 0 aliphatic heterocycles. The van der Waals surface area contributed by atoms with Crippen LogP contribution in [0.25, 0.3) is 0 Å². The first-order valence-electron chi connectivity index (χ1n) is 8.10. The van der Waals surface area contributed by atoms with E-state index in [1.165, 1.54) is 16.4 Å². The first kappa shape index (κ1) is 20.4. The van der Waals surface area contributed by atoms with Crippen molar-refractivity contribution < 1.29 is 24.2 Å². The fraction of sp³-hybridized carbons (Fsp3) is 0.375. The largest absolute Gasteiger partial charge is 0.481 e. The molecule has 2 rings (SSSR count). The molecule has 2 N–H and O–H groups in total. The average Bonchev–Trinajstić information content (AvgIpc) is 3.07. The van der Waals surface area contributed by atoms with E-state index in [9.17, 15) is 14.4 Å². The molecule has 1 unspecified atom stereocenters. The number of carboxylic acid groups (broad SMARTS) is 1. The molecule has 0 fully saturated rings. The SMILES string of the molecule is CCSc1nnnn1CC(=O)C(CC(=O)O)NC(=O)OCc1ccccc1. The van der Waals surface area contributed by atoms with E-state index in [-0.39, 0.29) is 13.2 Å². The first-order chi connectivity index (χ1) is 13.0. The van der Waals surface area contributed by atoms with Gasteiger partial charge in [0.25, 0.3) is 0 Å². The number of benzene rings is 1. The number of nitrogens with zero attached hydrogens (tertiary/aromatic N) is 4. The third kappa shape index (κ3) is 6.70. The highest BCUT2D eigenvalue weighted by Gasteiger charge is 2.25. The van der Waals surface area contributed by atoms with Gasteiger partial charge in [-0.1, -0.05) is 49.0 Å². The molecule has 0 spiro atoms. The summed E-state index contributed by atoms with van der Waals surface area (Å²) in [5, 5.41) is 22.8. The molecule has 0 saturated heterocycles. The number of carbonyl (C=O) groups is 3. The number of ketones is 1. The molecular weight excluding hydrogens is 374 g/mol. The van der Waals surface area contributed by atoms with E-state index >= 15 is 0 Å². The number of amides is 1. The van der Waals surface area contributed by atoms with Crippen molar-refractivity contribution in [3.8, 4) is 0 Å². The number of aromatic nitrogens is 4. The van der Waals surface area contributed by atoms with Crippen molar-refractivity contribution in [3.63, 3.8) is 0 Å². The number of alkyl carbamates (subject to hydrolysis) is 1. The molecule has 1 atom stereocenters. The standard InChI is InChI=1S/C16H19N5O5S/c1-2-27-15-18-19-20-21(15)9-13(22)12(8-14(23)24)17-16(25)26-10-11-6-4-3-5-7-11/h3-7,12H,2,8-10H2,1H3,(H,17,25)(H,23,24). The summed E-state index contributed by atoms with van der Waals surface area (Å²) in [5.74, 6) is -1.06. The fourth-order valence-electron chi connectivity index (χ4n) is 2.11. The second-order valence-electron chi connectivity index (χ2n) is 5.37. The van der Waals surface area contributed by atoms with Crippen LogP contribution in [-0.2, 0) is 27.5 Å². The molecule has 2 aromatic rings. The number of carboxylic acids is 1. The van der Waals surface area contributed by atoms with Gasteiger partial charge in [-0.2, -0.15) is 0 Å². The Hall–Kier alpha value is -2.95. The molecule has 1 amide bonds. The van der Waals surface area contributed by atoms with Crippen LogP contribution in [0, 0.1) is 0 Å². The third-order valence-corrected chi connectivity index (χ3v) is 4.19. The minimum atomic E-state index is -1.26. The quantitative estimate of drug-likeness (QED) is 0.569. The normalized spacial score (nSPS) is 11.6. The van der Waals surface area contributed by atoms with E-state index in [0.717, 1.165) is 5.56 Å². The van der Waals surface area contributed by atoms with E-state index in [2.05, 4.69) is 20.8 Å². The zero-order chi connectivity index (χ0) is 19.6. The van der Waals surface area contributed by atoms with Crippen LogP contribution < -0.4 is 5.32 Å². The number of hydrogen-bond acceptors (Lipinski definition) is 8. The van der Waals surface area contributed by atoms with Crippen molar-refractivity contribution in [3.05, 3.63) is 35.9 Å². The highest BCUT2D eigenvalue weighted by molar-refractivity contribution is 7.99. The maximum absolute atomic E-state index is 12.5. The third-order valence-electron chi connectivity index (χ3n) is 3.35. The Labute approximate surface area is 159 Å². The van der Waals surface area contributed by atoms with Gasteiger partial charge in [-0.3, -0.25) is 9.59 Å². The van der Waals surface area contributed by atoms with Crippen molar-refractivity contribution in [1.82, 2.24) is 25.5 Å². The maximum atomic E-state index is 12.5. The van der Waals surface area contributed by atoms with Crippen molar-refractivity contribution in [2.45, 2.75) is 37.7 Å². The molecule has 1 heterocycles. The van der Waals surface area contributed by atoms with Gasteiger partial charge >= 0.3 is 12.1 Å². The van der Waals surface area contributed by atoms with Crippen LogP contribution in [0.2, 0.25) is 0 Å². The topological polar surface area (TPSA) is 136 Å². The summed E-state index contributed by atoms with van der Waals surface area (Å²) in [7, 11) is 0. The van der Waals surface area contributed by atoms with Crippen LogP contribution in [0.15, 0.2) is 35.5 Å². The van der Waals surface area contributed by atoms with Crippen molar-refractivity contribution in [2.75, 3.05) is 5.75 Å². The molecule has 0 aliphatic rings. The second kappa shape index (κ2) is 10.3. The monoisotopic (exact) mass is 393 g/mol. The molecule has 27 heavy (non-hydrogen) atoms. The number of nitrogens with one attached hydrogen (secondary N) is 1. The Kier molecular flexibility index (Phi) is 7.74. The summed E-state index contributed by atoms with van der Waals surface area (Å²) in [4.78, 5) is 35.5. The van der Waals surface area contributed by atoms with Gasteiger partial charge in [-0.05, 0) is 21.7 Å². The zero-order valence-corrected chi connectivity index (χ0v) is 15.4. The summed E-state index contributed by atoms with van der Waals surface area (Å²) in [6.07, 6.45) is -1.45. The molecule has 0 aliphatic carbocycles. The zero-order valence-electron chi connectivity index (χ0n) is 14.6. The van der Waals surface area contributed by atoms with Gasteiger partial charge in [0.1, 0.15) is 19.2 Å². The number of rotatable bonds is 10. The van der Waals surface area contributed by atoms with Gasteiger partial charge in [-0.15, -0.1) is 5.10 Å². The summed E-state index contributed by atoms with van der Waals surface area (Å²) in [6.45, 7) is 1.65. The van der Waals surface area contributed by atoms with Crippen LogP contribution in [0.3, 0.4) is 0 Å². The number of ether oxygens (including phenoxy) is 1.